The number of hydrogen-bond acceptors (Lipinski definition) is 2. The predicted molar refractivity (Wildman–Crippen MR) is 80.2 cm³/mol. The fourth-order valence-electron chi connectivity index (χ4n) is 3.32. The zero-order chi connectivity index (χ0) is 13.8. The van der Waals surface area contributed by atoms with Crippen LogP contribution >= 0.6 is 0 Å². The average molecular weight is 265 g/mol. The second kappa shape index (κ2) is 6.88. The van der Waals surface area contributed by atoms with Gasteiger partial charge in [-0.15, -0.1) is 0 Å². The van der Waals surface area contributed by atoms with Gasteiger partial charge in [0.2, 0.25) is 0 Å². The Morgan fingerprint density at radius 1 is 1.26 bits per heavy atom. The minimum Gasteiger partial charge on any atom is -0.300 e. The van der Waals surface area contributed by atoms with Gasteiger partial charge in [0.1, 0.15) is 5.78 Å². The minimum absolute atomic E-state index is 0.339. The van der Waals surface area contributed by atoms with E-state index in [0.29, 0.717) is 11.7 Å². The van der Waals surface area contributed by atoms with Crippen molar-refractivity contribution in [3.05, 3.63) is 0 Å². The largest absolute Gasteiger partial charge is 0.300 e. The maximum Gasteiger partial charge on any atom is 0.137 e. The van der Waals surface area contributed by atoms with Crippen molar-refractivity contribution in [3.8, 4) is 0 Å². The maximum absolute atomic E-state index is 12.1. The Bertz CT molecular complexity index is 296. The molecule has 2 aliphatic rings. The van der Waals surface area contributed by atoms with E-state index in [0.717, 1.165) is 43.7 Å². The fourth-order valence-corrected chi connectivity index (χ4v) is 3.32. The first-order valence-corrected chi connectivity index (χ1v) is 8.36. The van der Waals surface area contributed by atoms with E-state index in [4.69, 9.17) is 0 Å². The predicted octanol–water partition coefficient (Wildman–Crippen LogP) is 3.89. The molecule has 0 amide bonds. The van der Waals surface area contributed by atoms with Gasteiger partial charge in [0, 0.05) is 24.9 Å². The van der Waals surface area contributed by atoms with Gasteiger partial charge in [-0.05, 0) is 50.5 Å². The molecule has 2 atom stereocenters. The van der Waals surface area contributed by atoms with Crippen molar-refractivity contribution < 1.29 is 4.79 Å². The van der Waals surface area contributed by atoms with E-state index in [1.165, 1.54) is 32.2 Å². The highest BCUT2D eigenvalue weighted by Crippen LogP contribution is 2.33. The third-order valence-electron chi connectivity index (χ3n) is 4.96. The van der Waals surface area contributed by atoms with Crippen LogP contribution in [-0.2, 0) is 4.79 Å². The molecule has 2 rings (SSSR count). The summed E-state index contributed by atoms with van der Waals surface area (Å²) in [6.45, 7) is 9.11. The van der Waals surface area contributed by atoms with Crippen LogP contribution in [0.5, 0.6) is 0 Å². The molecule has 110 valence electrons. The SMILES string of the molecule is CCC1CCC(=O)C(CN(CCC(C)C)C2CC2)C1. The molecule has 0 aromatic carbocycles. The van der Waals surface area contributed by atoms with Crippen LogP contribution in [0.4, 0.5) is 0 Å². The van der Waals surface area contributed by atoms with Crippen molar-refractivity contribution in [2.24, 2.45) is 17.8 Å². The van der Waals surface area contributed by atoms with Gasteiger partial charge in [0.15, 0.2) is 0 Å². The first-order chi connectivity index (χ1) is 9.10. The second-order valence-corrected chi connectivity index (χ2v) is 7.12. The lowest BCUT2D eigenvalue weighted by atomic mass is 9.79. The highest BCUT2D eigenvalue weighted by atomic mass is 16.1. The van der Waals surface area contributed by atoms with E-state index >= 15 is 0 Å². The molecule has 0 heterocycles. The van der Waals surface area contributed by atoms with Crippen LogP contribution in [-0.4, -0.2) is 29.8 Å². The second-order valence-electron chi connectivity index (χ2n) is 7.12. The Balaban J connectivity index is 1.86. The fraction of sp³-hybridized carbons (Fsp3) is 0.941. The number of carbonyl (C=O) groups excluding carboxylic acids is 1. The first kappa shape index (κ1) is 15.0. The minimum atomic E-state index is 0.339. The lowest BCUT2D eigenvalue weighted by molar-refractivity contribution is -0.126. The van der Waals surface area contributed by atoms with Gasteiger partial charge in [-0.3, -0.25) is 9.69 Å². The van der Waals surface area contributed by atoms with Crippen LogP contribution in [0.15, 0.2) is 0 Å². The van der Waals surface area contributed by atoms with Gasteiger partial charge in [-0.25, -0.2) is 0 Å². The summed E-state index contributed by atoms with van der Waals surface area (Å²) in [4.78, 5) is 14.8. The van der Waals surface area contributed by atoms with Gasteiger partial charge < -0.3 is 0 Å². The zero-order valence-corrected chi connectivity index (χ0v) is 13.0. The van der Waals surface area contributed by atoms with E-state index in [1.807, 2.05) is 0 Å². The molecule has 2 fully saturated rings. The molecule has 0 N–H and O–H groups in total. The molecule has 0 aliphatic heterocycles. The zero-order valence-electron chi connectivity index (χ0n) is 13.0. The highest BCUT2D eigenvalue weighted by molar-refractivity contribution is 5.82. The Morgan fingerprint density at radius 3 is 2.58 bits per heavy atom. The van der Waals surface area contributed by atoms with Crippen molar-refractivity contribution in [2.75, 3.05) is 13.1 Å². The monoisotopic (exact) mass is 265 g/mol. The van der Waals surface area contributed by atoms with Gasteiger partial charge in [0.25, 0.3) is 0 Å². The molecule has 0 spiro atoms. The molecular formula is C17H31NO. The van der Waals surface area contributed by atoms with E-state index in [1.54, 1.807) is 0 Å². The molecule has 2 nitrogen and oxygen atoms in total. The molecule has 0 radical (unpaired) electrons. The summed E-state index contributed by atoms with van der Waals surface area (Å²) in [5, 5.41) is 0. The summed E-state index contributed by atoms with van der Waals surface area (Å²) in [6, 6.07) is 0.800. The standard InChI is InChI=1S/C17H31NO/c1-4-14-5-8-17(19)15(11-14)12-18(16-6-7-16)10-9-13(2)3/h13-16H,4-12H2,1-3H3. The van der Waals surface area contributed by atoms with Gasteiger partial charge in [0.05, 0.1) is 0 Å². The van der Waals surface area contributed by atoms with Crippen molar-refractivity contribution in [3.63, 3.8) is 0 Å². The van der Waals surface area contributed by atoms with E-state index < -0.39 is 0 Å². The summed E-state index contributed by atoms with van der Waals surface area (Å²) >= 11 is 0. The van der Waals surface area contributed by atoms with Gasteiger partial charge in [-0.2, -0.15) is 0 Å². The normalized spacial score (nSPS) is 28.4. The molecule has 0 aromatic heterocycles. The third kappa shape index (κ3) is 4.59. The molecule has 19 heavy (non-hydrogen) atoms. The Hall–Kier alpha value is -0.370. The first-order valence-electron chi connectivity index (χ1n) is 8.36. The summed E-state index contributed by atoms with van der Waals surface area (Å²) in [6.07, 6.45) is 8.37. The molecule has 2 heteroatoms. The summed E-state index contributed by atoms with van der Waals surface area (Å²) in [5.74, 6) is 2.45. The van der Waals surface area contributed by atoms with E-state index in [-0.39, 0.29) is 0 Å². The van der Waals surface area contributed by atoms with Gasteiger partial charge >= 0.3 is 0 Å². The smallest absolute Gasteiger partial charge is 0.137 e. The van der Waals surface area contributed by atoms with Crippen LogP contribution in [0.25, 0.3) is 0 Å². The quantitative estimate of drug-likeness (QED) is 0.696. The van der Waals surface area contributed by atoms with E-state index in [2.05, 4.69) is 25.7 Å². The Labute approximate surface area is 118 Å². The number of carbonyl (C=O) groups is 1. The number of rotatable bonds is 7. The molecular weight excluding hydrogens is 234 g/mol. The van der Waals surface area contributed by atoms with Crippen LogP contribution in [0.2, 0.25) is 0 Å². The molecule has 2 aliphatic carbocycles. The summed E-state index contributed by atoms with van der Waals surface area (Å²) in [7, 11) is 0. The lowest BCUT2D eigenvalue weighted by Crippen LogP contribution is -2.38. The van der Waals surface area contributed by atoms with Crippen molar-refractivity contribution in [1.29, 1.82) is 0 Å². The molecule has 0 saturated heterocycles. The van der Waals surface area contributed by atoms with Crippen molar-refractivity contribution >= 4 is 5.78 Å². The van der Waals surface area contributed by atoms with E-state index in [9.17, 15) is 4.79 Å². The third-order valence-corrected chi connectivity index (χ3v) is 4.96. The van der Waals surface area contributed by atoms with Crippen LogP contribution < -0.4 is 0 Å². The van der Waals surface area contributed by atoms with Gasteiger partial charge in [-0.1, -0.05) is 27.2 Å². The van der Waals surface area contributed by atoms with Crippen molar-refractivity contribution in [1.82, 2.24) is 4.90 Å². The molecule has 2 unspecified atom stereocenters. The topological polar surface area (TPSA) is 20.3 Å². The summed E-state index contributed by atoms with van der Waals surface area (Å²) < 4.78 is 0. The Morgan fingerprint density at radius 2 is 2.00 bits per heavy atom. The molecule has 2 saturated carbocycles. The number of nitrogens with zero attached hydrogens (tertiary/aromatic N) is 1. The average Bonchev–Trinajstić information content (AvgIpc) is 3.20. The van der Waals surface area contributed by atoms with Crippen LogP contribution in [0.3, 0.4) is 0 Å². The van der Waals surface area contributed by atoms with Crippen LogP contribution in [0, 0.1) is 17.8 Å². The number of hydrogen-bond donors (Lipinski definition) is 0. The highest BCUT2D eigenvalue weighted by Gasteiger charge is 2.34. The lowest BCUT2D eigenvalue weighted by Gasteiger charge is -2.32. The molecule has 0 aromatic rings. The van der Waals surface area contributed by atoms with Crippen LogP contribution in [0.1, 0.15) is 65.7 Å². The number of ketones is 1. The number of Topliss-reactive ketones (excluding diaryl/α,β-unsaturated/α-hetero) is 1. The van der Waals surface area contributed by atoms with Crippen molar-refractivity contribution in [2.45, 2.75) is 71.8 Å². The Kier molecular flexibility index (Phi) is 5.44. The summed E-state index contributed by atoms with van der Waals surface area (Å²) in [5.41, 5.74) is 0. The molecule has 0 bridgehead atoms. The maximum atomic E-state index is 12.1.